The van der Waals surface area contributed by atoms with Gasteiger partial charge in [-0.1, -0.05) is 12.1 Å². The van der Waals surface area contributed by atoms with Gasteiger partial charge in [0.15, 0.2) is 11.6 Å². The molecule has 0 heterocycles. The number of phenols is 1. The molecule has 1 aromatic rings. The summed E-state index contributed by atoms with van der Waals surface area (Å²) in [4.78, 5) is 11.0. The lowest BCUT2D eigenvalue weighted by Gasteiger charge is -2.22. The van der Waals surface area contributed by atoms with Crippen LogP contribution >= 0.6 is 0 Å². The van der Waals surface area contributed by atoms with Gasteiger partial charge < -0.3 is 15.6 Å². The zero-order valence-electron chi connectivity index (χ0n) is 9.49. The predicted octanol–water partition coefficient (Wildman–Crippen LogP) is 1.73. The first-order chi connectivity index (χ1) is 8.32. The van der Waals surface area contributed by atoms with E-state index in [1.807, 2.05) is 0 Å². The molecule has 0 bridgehead atoms. The highest BCUT2D eigenvalue weighted by molar-refractivity contribution is 5.79. The number of carbonyl (C=O) groups is 1. The number of aromatic hydroxyl groups is 1. The number of hydrogen-bond donors (Lipinski definition) is 2. The summed E-state index contributed by atoms with van der Waals surface area (Å²) in [6, 6.07) is 0.808. The predicted molar refractivity (Wildman–Crippen MR) is 56.6 cm³/mol. The Morgan fingerprint density at radius 2 is 2.17 bits per heavy atom. The maximum Gasteiger partial charge on any atom is 0.379 e. The number of benzene rings is 1. The van der Waals surface area contributed by atoms with Crippen molar-refractivity contribution in [1.29, 1.82) is 0 Å². The SMILES string of the molecule is CCOC(=O)C(F)(F)[C@@H](N)c1cccc(F)c1O. The van der Waals surface area contributed by atoms with Crippen molar-refractivity contribution >= 4 is 5.97 Å². The van der Waals surface area contributed by atoms with E-state index < -0.39 is 35.1 Å². The second-order valence-electron chi connectivity index (χ2n) is 3.50. The molecule has 0 aliphatic rings. The first kappa shape index (κ1) is 14.3. The number of rotatable bonds is 4. The summed E-state index contributed by atoms with van der Waals surface area (Å²) in [6.45, 7) is 1.12. The van der Waals surface area contributed by atoms with Crippen LogP contribution in [0.2, 0.25) is 0 Å². The molecule has 0 unspecified atom stereocenters. The molecule has 18 heavy (non-hydrogen) atoms. The fraction of sp³-hybridized carbons (Fsp3) is 0.364. The van der Waals surface area contributed by atoms with Gasteiger partial charge in [0.25, 0.3) is 0 Å². The molecule has 0 saturated heterocycles. The van der Waals surface area contributed by atoms with Crippen LogP contribution in [0.25, 0.3) is 0 Å². The van der Waals surface area contributed by atoms with E-state index in [1.54, 1.807) is 0 Å². The number of esters is 1. The molecule has 0 aliphatic heterocycles. The third-order valence-corrected chi connectivity index (χ3v) is 2.29. The Morgan fingerprint density at radius 3 is 2.72 bits per heavy atom. The van der Waals surface area contributed by atoms with Crippen molar-refractivity contribution in [2.45, 2.75) is 18.9 Å². The lowest BCUT2D eigenvalue weighted by atomic mass is 10.0. The normalized spacial score (nSPS) is 13.2. The van der Waals surface area contributed by atoms with Crippen LogP contribution in [0.1, 0.15) is 18.5 Å². The van der Waals surface area contributed by atoms with Crippen molar-refractivity contribution in [3.05, 3.63) is 29.6 Å². The molecule has 1 rings (SSSR count). The quantitative estimate of drug-likeness (QED) is 0.811. The molecule has 4 nitrogen and oxygen atoms in total. The smallest absolute Gasteiger partial charge is 0.379 e. The molecule has 0 aromatic heterocycles. The monoisotopic (exact) mass is 263 g/mol. The summed E-state index contributed by atoms with van der Waals surface area (Å²) in [7, 11) is 0. The number of ether oxygens (including phenoxy) is 1. The minimum atomic E-state index is -4.05. The minimum absolute atomic E-state index is 0.240. The molecule has 0 spiro atoms. The largest absolute Gasteiger partial charge is 0.505 e. The van der Waals surface area contributed by atoms with Crippen LogP contribution < -0.4 is 5.73 Å². The number of hydrogen-bond acceptors (Lipinski definition) is 4. The first-order valence-electron chi connectivity index (χ1n) is 5.10. The summed E-state index contributed by atoms with van der Waals surface area (Å²) in [5.74, 6) is -7.97. The van der Waals surface area contributed by atoms with Crippen LogP contribution in [0, 0.1) is 5.82 Å². The third kappa shape index (κ3) is 2.56. The van der Waals surface area contributed by atoms with Gasteiger partial charge in [0.1, 0.15) is 6.04 Å². The topological polar surface area (TPSA) is 72.5 Å². The molecule has 0 radical (unpaired) electrons. The second-order valence-corrected chi connectivity index (χ2v) is 3.50. The Morgan fingerprint density at radius 1 is 1.56 bits per heavy atom. The molecule has 7 heteroatoms. The van der Waals surface area contributed by atoms with Gasteiger partial charge in [-0.3, -0.25) is 0 Å². The summed E-state index contributed by atoms with van der Waals surface area (Å²) in [5.41, 5.74) is 4.63. The van der Waals surface area contributed by atoms with Crippen molar-refractivity contribution < 1.29 is 27.8 Å². The lowest BCUT2D eigenvalue weighted by molar-refractivity contribution is -0.174. The summed E-state index contributed by atoms with van der Waals surface area (Å²) in [6.07, 6.45) is 0. The van der Waals surface area contributed by atoms with E-state index in [0.29, 0.717) is 0 Å². The van der Waals surface area contributed by atoms with Gasteiger partial charge >= 0.3 is 11.9 Å². The van der Waals surface area contributed by atoms with E-state index in [-0.39, 0.29) is 6.61 Å². The fourth-order valence-corrected chi connectivity index (χ4v) is 1.33. The second kappa shape index (κ2) is 5.26. The molecular formula is C11H12F3NO3. The van der Waals surface area contributed by atoms with Gasteiger partial charge in [-0.05, 0) is 13.0 Å². The van der Waals surface area contributed by atoms with Gasteiger partial charge in [0, 0.05) is 5.56 Å². The summed E-state index contributed by atoms with van der Waals surface area (Å²) >= 11 is 0. The number of phenolic OH excluding ortho intramolecular Hbond substituents is 1. The number of carbonyl (C=O) groups excluding carboxylic acids is 1. The zero-order valence-corrected chi connectivity index (χ0v) is 9.49. The highest BCUT2D eigenvalue weighted by atomic mass is 19.3. The average Bonchev–Trinajstić information content (AvgIpc) is 2.32. The first-order valence-corrected chi connectivity index (χ1v) is 5.10. The van der Waals surface area contributed by atoms with Gasteiger partial charge in [-0.2, -0.15) is 8.78 Å². The number of alkyl halides is 2. The van der Waals surface area contributed by atoms with Crippen LogP contribution in [0.4, 0.5) is 13.2 Å². The molecule has 100 valence electrons. The lowest BCUT2D eigenvalue weighted by Crippen LogP contribution is -2.41. The van der Waals surface area contributed by atoms with Gasteiger partial charge in [0.2, 0.25) is 0 Å². The molecule has 1 aromatic carbocycles. The minimum Gasteiger partial charge on any atom is -0.505 e. The van der Waals surface area contributed by atoms with Crippen molar-refractivity contribution in [3.63, 3.8) is 0 Å². The standard InChI is InChI=1S/C11H12F3NO3/c1-2-18-10(17)11(13,14)9(15)6-4-3-5-7(12)8(6)16/h3-5,9,16H,2,15H2,1H3/t9-/m0/s1. The highest BCUT2D eigenvalue weighted by Crippen LogP contribution is 2.35. The van der Waals surface area contributed by atoms with E-state index in [0.717, 1.165) is 18.2 Å². The van der Waals surface area contributed by atoms with E-state index in [2.05, 4.69) is 4.74 Å². The van der Waals surface area contributed by atoms with Gasteiger partial charge in [-0.15, -0.1) is 0 Å². The molecule has 3 N–H and O–H groups in total. The average molecular weight is 263 g/mol. The van der Waals surface area contributed by atoms with Crippen LogP contribution in [-0.2, 0) is 9.53 Å². The molecular weight excluding hydrogens is 251 g/mol. The highest BCUT2D eigenvalue weighted by Gasteiger charge is 2.48. The molecule has 0 aliphatic carbocycles. The molecule has 0 amide bonds. The van der Waals surface area contributed by atoms with E-state index in [4.69, 9.17) is 5.73 Å². The van der Waals surface area contributed by atoms with Crippen molar-refractivity contribution in [1.82, 2.24) is 0 Å². The van der Waals surface area contributed by atoms with Crippen LogP contribution in [0.5, 0.6) is 5.75 Å². The Balaban J connectivity index is 3.09. The number of nitrogens with two attached hydrogens (primary N) is 1. The van der Waals surface area contributed by atoms with E-state index >= 15 is 0 Å². The Labute approximate surface area is 101 Å². The fourth-order valence-electron chi connectivity index (χ4n) is 1.33. The Bertz CT molecular complexity index is 451. The Kier molecular flexibility index (Phi) is 4.18. The maximum absolute atomic E-state index is 13.6. The van der Waals surface area contributed by atoms with Gasteiger partial charge in [-0.25, -0.2) is 9.18 Å². The van der Waals surface area contributed by atoms with E-state index in [9.17, 15) is 23.1 Å². The maximum atomic E-state index is 13.6. The van der Waals surface area contributed by atoms with E-state index in [1.165, 1.54) is 6.92 Å². The number of halogens is 3. The summed E-state index contributed by atoms with van der Waals surface area (Å²) < 4.78 is 44.3. The van der Waals surface area contributed by atoms with Gasteiger partial charge in [0.05, 0.1) is 6.61 Å². The van der Waals surface area contributed by atoms with Crippen molar-refractivity contribution in [3.8, 4) is 5.75 Å². The molecule has 0 fully saturated rings. The van der Waals surface area contributed by atoms with Crippen LogP contribution in [0.3, 0.4) is 0 Å². The number of para-hydroxylation sites is 1. The van der Waals surface area contributed by atoms with Crippen molar-refractivity contribution in [2.24, 2.45) is 5.73 Å². The molecule has 0 saturated carbocycles. The van der Waals surface area contributed by atoms with Crippen molar-refractivity contribution in [2.75, 3.05) is 6.61 Å². The van der Waals surface area contributed by atoms with Crippen LogP contribution in [-0.4, -0.2) is 23.6 Å². The summed E-state index contributed by atoms with van der Waals surface area (Å²) in [5, 5.41) is 9.30. The Hall–Kier alpha value is -1.76. The molecule has 1 atom stereocenters. The zero-order chi connectivity index (χ0) is 13.9. The van der Waals surface area contributed by atoms with Crippen LogP contribution in [0.15, 0.2) is 18.2 Å². The third-order valence-electron chi connectivity index (χ3n) is 2.29.